The zero-order valence-electron chi connectivity index (χ0n) is 8.75. The summed E-state index contributed by atoms with van der Waals surface area (Å²) in [5, 5.41) is 3.21. The molecule has 0 aromatic rings. The molecule has 80 valence electrons. The highest BCUT2D eigenvalue weighted by Crippen LogP contribution is 2.37. The molecule has 0 radical (unpaired) electrons. The maximum atomic E-state index is 5.78. The van der Waals surface area contributed by atoms with Gasteiger partial charge in [-0.25, -0.2) is 0 Å². The zero-order valence-corrected chi connectivity index (χ0v) is 9.57. The Morgan fingerprint density at radius 2 is 2.43 bits per heavy atom. The van der Waals surface area contributed by atoms with E-state index in [-0.39, 0.29) is 0 Å². The van der Waals surface area contributed by atoms with Crippen molar-refractivity contribution in [3.63, 3.8) is 0 Å². The van der Waals surface area contributed by atoms with E-state index >= 15 is 0 Å². The second kappa shape index (κ2) is 4.01. The minimum absolute atomic E-state index is 0.343. The standard InChI is InChI=1S/C10H19N3S/c1-10(5-2-6-14-10)7-12-9(11)13-8-3-4-8/h8H,2-7H2,1H3,(H3,11,12,13). The molecule has 1 aliphatic heterocycles. The van der Waals surface area contributed by atoms with Gasteiger partial charge in [0.25, 0.3) is 0 Å². The van der Waals surface area contributed by atoms with E-state index in [0.29, 0.717) is 16.7 Å². The van der Waals surface area contributed by atoms with Crippen LogP contribution >= 0.6 is 11.8 Å². The van der Waals surface area contributed by atoms with Gasteiger partial charge in [-0.05, 0) is 38.4 Å². The summed E-state index contributed by atoms with van der Waals surface area (Å²) < 4.78 is 0.343. The quantitative estimate of drug-likeness (QED) is 0.549. The van der Waals surface area contributed by atoms with Crippen molar-refractivity contribution in [2.75, 3.05) is 12.3 Å². The Morgan fingerprint density at radius 1 is 1.64 bits per heavy atom. The maximum Gasteiger partial charge on any atom is 0.188 e. The Balaban J connectivity index is 1.78. The van der Waals surface area contributed by atoms with Gasteiger partial charge in [0, 0.05) is 10.8 Å². The van der Waals surface area contributed by atoms with Crippen molar-refractivity contribution in [1.82, 2.24) is 5.32 Å². The molecular weight excluding hydrogens is 194 g/mol. The van der Waals surface area contributed by atoms with E-state index in [1.807, 2.05) is 11.8 Å². The van der Waals surface area contributed by atoms with Gasteiger partial charge in [0.1, 0.15) is 0 Å². The van der Waals surface area contributed by atoms with E-state index in [1.165, 1.54) is 31.4 Å². The third-order valence-corrected chi connectivity index (χ3v) is 4.34. The van der Waals surface area contributed by atoms with Crippen LogP contribution in [0.4, 0.5) is 0 Å². The first-order valence-electron chi connectivity index (χ1n) is 5.38. The van der Waals surface area contributed by atoms with Crippen LogP contribution in [0.2, 0.25) is 0 Å². The van der Waals surface area contributed by atoms with E-state index in [2.05, 4.69) is 17.2 Å². The number of hydrogen-bond donors (Lipinski definition) is 2. The summed E-state index contributed by atoms with van der Waals surface area (Å²) >= 11 is 2.03. The van der Waals surface area contributed by atoms with Gasteiger partial charge in [-0.3, -0.25) is 4.99 Å². The number of hydrogen-bond acceptors (Lipinski definition) is 2. The molecule has 0 amide bonds. The Hall–Kier alpha value is -0.380. The van der Waals surface area contributed by atoms with Crippen LogP contribution in [-0.2, 0) is 0 Å². The number of nitrogens with zero attached hydrogens (tertiary/aromatic N) is 1. The lowest BCUT2D eigenvalue weighted by Crippen LogP contribution is -2.35. The Kier molecular flexibility index (Phi) is 2.91. The van der Waals surface area contributed by atoms with Crippen molar-refractivity contribution in [3.8, 4) is 0 Å². The fourth-order valence-electron chi connectivity index (χ4n) is 1.70. The van der Waals surface area contributed by atoms with E-state index in [0.717, 1.165) is 6.54 Å². The maximum absolute atomic E-state index is 5.78. The molecule has 1 heterocycles. The van der Waals surface area contributed by atoms with Crippen molar-refractivity contribution in [2.24, 2.45) is 10.7 Å². The summed E-state index contributed by atoms with van der Waals surface area (Å²) in [6.45, 7) is 3.15. The molecule has 2 fully saturated rings. The number of nitrogens with two attached hydrogens (primary N) is 1. The van der Waals surface area contributed by atoms with Gasteiger partial charge in [0.05, 0.1) is 6.54 Å². The van der Waals surface area contributed by atoms with Crippen molar-refractivity contribution in [1.29, 1.82) is 0 Å². The van der Waals surface area contributed by atoms with Crippen LogP contribution in [0, 0.1) is 0 Å². The van der Waals surface area contributed by atoms with E-state index < -0.39 is 0 Å². The van der Waals surface area contributed by atoms with Gasteiger partial charge in [0.15, 0.2) is 5.96 Å². The third-order valence-electron chi connectivity index (χ3n) is 2.81. The van der Waals surface area contributed by atoms with E-state index in [9.17, 15) is 0 Å². The number of nitrogens with one attached hydrogen (secondary N) is 1. The summed E-state index contributed by atoms with van der Waals surface area (Å²) in [5.74, 6) is 1.92. The molecule has 1 unspecified atom stereocenters. The molecule has 2 rings (SSSR count). The first-order chi connectivity index (χ1) is 6.68. The van der Waals surface area contributed by atoms with Gasteiger partial charge in [0.2, 0.25) is 0 Å². The highest BCUT2D eigenvalue weighted by Gasteiger charge is 2.29. The molecule has 1 saturated carbocycles. The van der Waals surface area contributed by atoms with E-state index in [1.54, 1.807) is 0 Å². The van der Waals surface area contributed by atoms with Crippen molar-refractivity contribution in [3.05, 3.63) is 0 Å². The van der Waals surface area contributed by atoms with Crippen LogP contribution in [0.25, 0.3) is 0 Å². The first-order valence-corrected chi connectivity index (χ1v) is 6.37. The van der Waals surface area contributed by atoms with Gasteiger partial charge in [-0.15, -0.1) is 0 Å². The van der Waals surface area contributed by atoms with E-state index in [4.69, 9.17) is 5.73 Å². The molecular formula is C10H19N3S. The monoisotopic (exact) mass is 213 g/mol. The minimum atomic E-state index is 0.343. The number of guanidine groups is 1. The van der Waals surface area contributed by atoms with Crippen LogP contribution in [0.15, 0.2) is 4.99 Å². The smallest absolute Gasteiger partial charge is 0.188 e. The van der Waals surface area contributed by atoms with Crippen LogP contribution < -0.4 is 11.1 Å². The van der Waals surface area contributed by atoms with Gasteiger partial charge < -0.3 is 11.1 Å². The predicted molar refractivity (Wildman–Crippen MR) is 62.7 cm³/mol. The summed E-state index contributed by atoms with van der Waals surface area (Å²) in [6, 6.07) is 0.614. The van der Waals surface area contributed by atoms with Gasteiger partial charge >= 0.3 is 0 Å². The summed E-state index contributed by atoms with van der Waals surface area (Å²) in [6.07, 6.45) is 5.11. The summed E-state index contributed by atoms with van der Waals surface area (Å²) in [4.78, 5) is 4.42. The highest BCUT2D eigenvalue weighted by molar-refractivity contribution is 8.00. The van der Waals surface area contributed by atoms with Crippen LogP contribution in [0.1, 0.15) is 32.6 Å². The average molecular weight is 213 g/mol. The first kappa shape index (κ1) is 10.1. The van der Waals surface area contributed by atoms with Gasteiger partial charge in [-0.2, -0.15) is 11.8 Å². The molecule has 0 bridgehead atoms. The second-order valence-corrected chi connectivity index (χ2v) is 6.20. The molecule has 14 heavy (non-hydrogen) atoms. The summed E-state index contributed by atoms with van der Waals surface area (Å²) in [7, 11) is 0. The lowest BCUT2D eigenvalue weighted by atomic mass is 10.1. The number of thioether (sulfide) groups is 1. The molecule has 1 atom stereocenters. The fraction of sp³-hybridized carbons (Fsp3) is 0.900. The lowest BCUT2D eigenvalue weighted by molar-refractivity contribution is 0.616. The van der Waals surface area contributed by atoms with Crippen LogP contribution in [0.3, 0.4) is 0 Å². The topological polar surface area (TPSA) is 50.4 Å². The summed E-state index contributed by atoms with van der Waals surface area (Å²) in [5.41, 5.74) is 5.78. The van der Waals surface area contributed by atoms with Crippen LogP contribution in [0.5, 0.6) is 0 Å². The largest absolute Gasteiger partial charge is 0.370 e. The number of aliphatic imine (C=N–C) groups is 1. The minimum Gasteiger partial charge on any atom is -0.370 e. The molecule has 2 aliphatic rings. The molecule has 0 aromatic heterocycles. The third kappa shape index (κ3) is 2.80. The fourth-order valence-corrected chi connectivity index (χ4v) is 2.92. The van der Waals surface area contributed by atoms with Gasteiger partial charge in [-0.1, -0.05) is 0 Å². The average Bonchev–Trinajstić information content (AvgIpc) is 2.85. The molecule has 0 aromatic carbocycles. The Labute approximate surface area is 89.9 Å². The van der Waals surface area contributed by atoms with Crippen LogP contribution in [-0.4, -0.2) is 29.0 Å². The molecule has 3 nitrogen and oxygen atoms in total. The Bertz CT molecular complexity index is 230. The zero-order chi connectivity index (χ0) is 10.0. The molecule has 1 aliphatic carbocycles. The molecule has 1 saturated heterocycles. The molecule has 4 heteroatoms. The van der Waals surface area contributed by atoms with Crippen molar-refractivity contribution < 1.29 is 0 Å². The van der Waals surface area contributed by atoms with Crippen molar-refractivity contribution in [2.45, 2.75) is 43.4 Å². The number of rotatable bonds is 3. The Morgan fingerprint density at radius 3 is 3.00 bits per heavy atom. The lowest BCUT2D eigenvalue weighted by Gasteiger charge is -2.19. The molecule has 0 spiro atoms. The normalized spacial score (nSPS) is 33.4. The SMILES string of the molecule is CC1(CN=C(N)NC2CC2)CCCS1. The second-order valence-electron chi connectivity index (χ2n) is 4.52. The molecule has 3 N–H and O–H groups in total. The highest BCUT2D eigenvalue weighted by atomic mass is 32.2. The van der Waals surface area contributed by atoms with Crippen molar-refractivity contribution >= 4 is 17.7 Å². The predicted octanol–water partition coefficient (Wildman–Crippen LogP) is 1.34.